The average molecular weight is 297 g/mol. The van der Waals surface area contributed by atoms with E-state index in [2.05, 4.69) is 4.90 Å². The molecule has 1 aromatic heterocycles. The number of ether oxygens (including phenoxy) is 1. The maximum Gasteiger partial charge on any atom is 0.200 e. The van der Waals surface area contributed by atoms with Crippen LogP contribution in [0.15, 0.2) is 51.7 Å². The summed E-state index contributed by atoms with van der Waals surface area (Å²) in [6.45, 7) is 1.62. The van der Waals surface area contributed by atoms with Gasteiger partial charge in [-0.2, -0.15) is 0 Å². The third-order valence-electron chi connectivity index (χ3n) is 3.57. The predicted octanol–water partition coefficient (Wildman–Crippen LogP) is 3.28. The van der Waals surface area contributed by atoms with E-state index in [0.29, 0.717) is 28.5 Å². The highest BCUT2D eigenvalue weighted by Gasteiger charge is 2.08. The number of hydrogen-bond donors (Lipinski definition) is 0. The molecule has 0 saturated heterocycles. The fourth-order valence-electron chi connectivity index (χ4n) is 2.44. The monoisotopic (exact) mass is 297 g/mol. The van der Waals surface area contributed by atoms with Gasteiger partial charge in [-0.1, -0.05) is 12.1 Å². The standard InChI is InChI=1S/C18H19NO3/c1-19(2)10-5-11-21-13-8-9-15-17(12-13)22-16-7-4-3-6-14(16)18(15)20/h3-4,6-9,12H,5,10-11H2,1-2H3. The zero-order chi connectivity index (χ0) is 15.5. The minimum atomic E-state index is -0.00370. The average Bonchev–Trinajstić information content (AvgIpc) is 2.51. The molecule has 0 spiro atoms. The molecule has 0 aliphatic carbocycles. The van der Waals surface area contributed by atoms with Gasteiger partial charge < -0.3 is 14.1 Å². The molecule has 0 aliphatic rings. The van der Waals surface area contributed by atoms with E-state index in [0.717, 1.165) is 18.7 Å². The molecule has 0 fully saturated rings. The lowest BCUT2D eigenvalue weighted by atomic mass is 10.1. The van der Waals surface area contributed by atoms with Gasteiger partial charge in [0.2, 0.25) is 5.43 Å². The van der Waals surface area contributed by atoms with Gasteiger partial charge in [-0.15, -0.1) is 0 Å². The fourth-order valence-corrected chi connectivity index (χ4v) is 2.44. The smallest absolute Gasteiger partial charge is 0.200 e. The van der Waals surface area contributed by atoms with E-state index in [1.165, 1.54) is 0 Å². The molecule has 0 N–H and O–H groups in total. The summed E-state index contributed by atoms with van der Waals surface area (Å²) in [6.07, 6.45) is 0.951. The quantitative estimate of drug-likeness (QED) is 0.535. The molecule has 0 amide bonds. The van der Waals surface area contributed by atoms with Crippen LogP contribution < -0.4 is 10.2 Å². The summed E-state index contributed by atoms with van der Waals surface area (Å²) in [5.41, 5.74) is 1.16. The summed E-state index contributed by atoms with van der Waals surface area (Å²) >= 11 is 0. The first-order chi connectivity index (χ1) is 10.6. The van der Waals surface area contributed by atoms with Crippen LogP contribution in [0.1, 0.15) is 6.42 Å². The van der Waals surface area contributed by atoms with Crippen molar-refractivity contribution in [1.29, 1.82) is 0 Å². The Morgan fingerprint density at radius 2 is 1.82 bits per heavy atom. The van der Waals surface area contributed by atoms with Gasteiger partial charge in [0.1, 0.15) is 16.9 Å². The SMILES string of the molecule is CN(C)CCCOc1ccc2c(=O)c3ccccc3oc2c1. The maximum absolute atomic E-state index is 12.4. The van der Waals surface area contributed by atoms with Crippen molar-refractivity contribution in [2.24, 2.45) is 0 Å². The summed E-state index contributed by atoms with van der Waals surface area (Å²) in [5.74, 6) is 0.727. The van der Waals surface area contributed by atoms with Gasteiger partial charge in [-0.3, -0.25) is 4.79 Å². The van der Waals surface area contributed by atoms with Crippen LogP contribution in [-0.2, 0) is 0 Å². The minimum Gasteiger partial charge on any atom is -0.493 e. The summed E-state index contributed by atoms with van der Waals surface area (Å²) in [7, 11) is 4.07. The maximum atomic E-state index is 12.4. The summed E-state index contributed by atoms with van der Waals surface area (Å²) < 4.78 is 11.6. The van der Waals surface area contributed by atoms with Crippen molar-refractivity contribution >= 4 is 21.9 Å². The molecule has 1 heterocycles. The number of nitrogens with zero attached hydrogens (tertiary/aromatic N) is 1. The third kappa shape index (κ3) is 2.97. The topological polar surface area (TPSA) is 42.7 Å². The van der Waals surface area contributed by atoms with Crippen LogP contribution >= 0.6 is 0 Å². The van der Waals surface area contributed by atoms with Crippen LogP contribution in [0.2, 0.25) is 0 Å². The molecule has 0 aliphatic heterocycles. The number of benzene rings is 2. The first-order valence-corrected chi connectivity index (χ1v) is 7.38. The number of fused-ring (bicyclic) bond motifs is 2. The van der Waals surface area contributed by atoms with E-state index in [1.807, 2.05) is 32.3 Å². The number of rotatable bonds is 5. The highest BCUT2D eigenvalue weighted by atomic mass is 16.5. The lowest BCUT2D eigenvalue weighted by Gasteiger charge is -2.10. The van der Waals surface area contributed by atoms with Gasteiger partial charge in [0.05, 0.1) is 17.4 Å². The van der Waals surface area contributed by atoms with Crippen molar-refractivity contribution in [3.8, 4) is 5.75 Å². The highest BCUT2D eigenvalue weighted by molar-refractivity contribution is 5.90. The Labute approximate surface area is 128 Å². The fraction of sp³-hybridized carbons (Fsp3) is 0.278. The van der Waals surface area contributed by atoms with Crippen molar-refractivity contribution in [2.75, 3.05) is 27.2 Å². The Morgan fingerprint density at radius 1 is 1.05 bits per heavy atom. The van der Waals surface area contributed by atoms with E-state index in [4.69, 9.17) is 9.15 Å². The number of para-hydroxylation sites is 1. The molecule has 3 aromatic rings. The van der Waals surface area contributed by atoms with Gasteiger partial charge in [0.15, 0.2) is 0 Å². The Bertz CT molecular complexity index is 852. The van der Waals surface area contributed by atoms with E-state index < -0.39 is 0 Å². The lowest BCUT2D eigenvalue weighted by molar-refractivity contribution is 0.281. The van der Waals surface area contributed by atoms with Gasteiger partial charge in [0.25, 0.3) is 0 Å². The largest absolute Gasteiger partial charge is 0.493 e. The summed E-state index contributed by atoms with van der Waals surface area (Å²) in [4.78, 5) is 14.5. The van der Waals surface area contributed by atoms with Crippen LogP contribution in [0, 0.1) is 0 Å². The zero-order valence-electron chi connectivity index (χ0n) is 12.8. The van der Waals surface area contributed by atoms with Crippen LogP contribution in [0.4, 0.5) is 0 Å². The molecular formula is C18H19NO3. The molecule has 114 valence electrons. The van der Waals surface area contributed by atoms with Crippen LogP contribution in [-0.4, -0.2) is 32.1 Å². The predicted molar refractivity (Wildman–Crippen MR) is 88.7 cm³/mol. The van der Waals surface area contributed by atoms with Crippen LogP contribution in [0.5, 0.6) is 5.75 Å². The van der Waals surface area contributed by atoms with Gasteiger partial charge in [0, 0.05) is 12.6 Å². The summed E-state index contributed by atoms with van der Waals surface area (Å²) in [5, 5.41) is 1.19. The van der Waals surface area contributed by atoms with Crippen molar-refractivity contribution in [1.82, 2.24) is 4.90 Å². The first kappa shape index (κ1) is 14.6. The molecule has 22 heavy (non-hydrogen) atoms. The molecule has 0 unspecified atom stereocenters. The van der Waals surface area contributed by atoms with Gasteiger partial charge >= 0.3 is 0 Å². The van der Waals surface area contributed by atoms with Crippen molar-refractivity contribution in [2.45, 2.75) is 6.42 Å². The zero-order valence-corrected chi connectivity index (χ0v) is 12.8. The molecule has 2 aromatic carbocycles. The second-order valence-electron chi connectivity index (χ2n) is 5.59. The van der Waals surface area contributed by atoms with E-state index in [-0.39, 0.29) is 5.43 Å². The molecule has 0 radical (unpaired) electrons. The van der Waals surface area contributed by atoms with Gasteiger partial charge in [-0.25, -0.2) is 0 Å². The van der Waals surface area contributed by atoms with Crippen LogP contribution in [0.25, 0.3) is 21.9 Å². The Hall–Kier alpha value is -2.33. The molecular weight excluding hydrogens is 278 g/mol. The molecule has 3 rings (SSSR count). The summed E-state index contributed by atoms with van der Waals surface area (Å²) in [6, 6.07) is 12.7. The Balaban J connectivity index is 1.89. The second-order valence-corrected chi connectivity index (χ2v) is 5.59. The highest BCUT2D eigenvalue weighted by Crippen LogP contribution is 2.22. The third-order valence-corrected chi connectivity index (χ3v) is 3.57. The molecule has 4 nitrogen and oxygen atoms in total. The van der Waals surface area contributed by atoms with E-state index in [9.17, 15) is 4.79 Å². The molecule has 0 bridgehead atoms. The Kier molecular flexibility index (Phi) is 4.11. The lowest BCUT2D eigenvalue weighted by Crippen LogP contribution is -2.15. The number of hydrogen-bond acceptors (Lipinski definition) is 4. The molecule has 0 saturated carbocycles. The Morgan fingerprint density at radius 3 is 2.64 bits per heavy atom. The van der Waals surface area contributed by atoms with Crippen molar-refractivity contribution in [3.05, 3.63) is 52.7 Å². The van der Waals surface area contributed by atoms with Gasteiger partial charge in [-0.05, 0) is 44.8 Å². The normalized spacial score (nSPS) is 11.4. The van der Waals surface area contributed by atoms with E-state index in [1.54, 1.807) is 24.3 Å². The van der Waals surface area contributed by atoms with Crippen molar-refractivity contribution < 1.29 is 9.15 Å². The van der Waals surface area contributed by atoms with Crippen molar-refractivity contribution in [3.63, 3.8) is 0 Å². The minimum absolute atomic E-state index is 0.00370. The second kappa shape index (κ2) is 6.20. The first-order valence-electron chi connectivity index (χ1n) is 7.38. The molecule has 0 atom stereocenters. The molecule has 4 heteroatoms. The van der Waals surface area contributed by atoms with E-state index >= 15 is 0 Å². The van der Waals surface area contributed by atoms with Crippen LogP contribution in [0.3, 0.4) is 0 Å².